The van der Waals surface area contributed by atoms with Crippen LogP contribution >= 0.6 is 0 Å². The predicted molar refractivity (Wildman–Crippen MR) is 71.6 cm³/mol. The Morgan fingerprint density at radius 2 is 2.05 bits per heavy atom. The Morgan fingerprint density at radius 3 is 2.65 bits per heavy atom. The number of anilines is 1. The summed E-state index contributed by atoms with van der Waals surface area (Å²) in [4.78, 5) is 28.3. The molecule has 3 N–H and O–H groups in total. The van der Waals surface area contributed by atoms with Gasteiger partial charge in [0.1, 0.15) is 0 Å². The number of amides is 2. The molecule has 1 aliphatic rings. The average molecular weight is 279 g/mol. The third-order valence-corrected chi connectivity index (χ3v) is 3.38. The minimum absolute atomic E-state index is 0.169. The smallest absolute Gasteiger partial charge is 0.356 e. The highest BCUT2D eigenvalue weighted by atomic mass is 16.4. The largest absolute Gasteiger partial charge is 0.476 e. The SMILES string of the molecule is CC1(O)CCN(C(=O)Nc2cccnc2C(=O)O)CC1. The van der Waals surface area contributed by atoms with Gasteiger partial charge in [-0.2, -0.15) is 0 Å². The second-order valence-corrected chi connectivity index (χ2v) is 5.12. The summed E-state index contributed by atoms with van der Waals surface area (Å²) in [5, 5.41) is 21.4. The van der Waals surface area contributed by atoms with Crippen molar-refractivity contribution in [3.05, 3.63) is 24.0 Å². The number of aromatic carboxylic acids is 1. The van der Waals surface area contributed by atoms with E-state index in [9.17, 15) is 14.7 Å². The lowest BCUT2D eigenvalue weighted by molar-refractivity contribution is 0.00570. The van der Waals surface area contributed by atoms with Gasteiger partial charge in [-0.15, -0.1) is 0 Å². The van der Waals surface area contributed by atoms with E-state index < -0.39 is 11.6 Å². The molecule has 1 fully saturated rings. The van der Waals surface area contributed by atoms with Crippen molar-refractivity contribution < 1.29 is 19.8 Å². The molecule has 1 aliphatic heterocycles. The molecular formula is C13H17N3O4. The van der Waals surface area contributed by atoms with Crippen LogP contribution in [0.4, 0.5) is 10.5 Å². The number of carbonyl (C=O) groups is 2. The van der Waals surface area contributed by atoms with Gasteiger partial charge in [-0.1, -0.05) is 0 Å². The van der Waals surface area contributed by atoms with Crippen molar-refractivity contribution in [2.24, 2.45) is 0 Å². The first kappa shape index (κ1) is 14.3. The fourth-order valence-electron chi connectivity index (χ4n) is 2.06. The molecule has 20 heavy (non-hydrogen) atoms. The first-order valence-corrected chi connectivity index (χ1v) is 6.36. The Hall–Kier alpha value is -2.15. The van der Waals surface area contributed by atoms with Gasteiger partial charge in [0.05, 0.1) is 11.3 Å². The molecule has 7 nitrogen and oxygen atoms in total. The Kier molecular flexibility index (Phi) is 3.89. The van der Waals surface area contributed by atoms with Crippen molar-refractivity contribution in [2.45, 2.75) is 25.4 Å². The van der Waals surface area contributed by atoms with Crippen LogP contribution in [-0.4, -0.2) is 50.8 Å². The quantitative estimate of drug-likeness (QED) is 0.753. The summed E-state index contributed by atoms with van der Waals surface area (Å²) in [5.41, 5.74) is -0.760. The molecule has 108 valence electrons. The number of pyridine rings is 1. The van der Waals surface area contributed by atoms with Gasteiger partial charge < -0.3 is 20.4 Å². The molecule has 7 heteroatoms. The summed E-state index contributed by atoms with van der Waals surface area (Å²) in [7, 11) is 0. The Balaban J connectivity index is 2.04. The van der Waals surface area contributed by atoms with E-state index in [0.717, 1.165) is 0 Å². The zero-order chi connectivity index (χ0) is 14.8. The Labute approximate surface area is 116 Å². The number of piperidine rings is 1. The van der Waals surface area contributed by atoms with Crippen molar-refractivity contribution in [1.29, 1.82) is 0 Å². The van der Waals surface area contributed by atoms with Gasteiger partial charge in [0, 0.05) is 19.3 Å². The molecule has 0 unspecified atom stereocenters. The van der Waals surface area contributed by atoms with E-state index in [2.05, 4.69) is 10.3 Å². The molecule has 1 aromatic heterocycles. The maximum Gasteiger partial charge on any atom is 0.356 e. The maximum absolute atomic E-state index is 12.1. The number of aliphatic hydroxyl groups is 1. The standard InChI is InChI=1S/C13H17N3O4/c1-13(20)4-7-16(8-5-13)12(19)15-9-3-2-6-14-10(9)11(17)18/h2-3,6,20H,4-5,7-8H2,1H3,(H,15,19)(H,17,18). The lowest BCUT2D eigenvalue weighted by atomic mass is 9.94. The van der Waals surface area contributed by atoms with Gasteiger partial charge in [-0.3, -0.25) is 0 Å². The lowest BCUT2D eigenvalue weighted by Gasteiger charge is -2.35. The van der Waals surface area contributed by atoms with Gasteiger partial charge in [-0.25, -0.2) is 14.6 Å². The van der Waals surface area contributed by atoms with Gasteiger partial charge in [0.15, 0.2) is 5.69 Å². The number of nitrogens with one attached hydrogen (secondary N) is 1. The van der Waals surface area contributed by atoms with Crippen LogP contribution in [0.3, 0.4) is 0 Å². The number of carboxylic acids is 1. The zero-order valence-electron chi connectivity index (χ0n) is 11.2. The first-order valence-electron chi connectivity index (χ1n) is 6.36. The van der Waals surface area contributed by atoms with Crippen LogP contribution in [0.2, 0.25) is 0 Å². The third-order valence-electron chi connectivity index (χ3n) is 3.38. The molecule has 2 rings (SSSR count). The Bertz CT molecular complexity index is 520. The second-order valence-electron chi connectivity index (χ2n) is 5.12. The average Bonchev–Trinajstić information content (AvgIpc) is 2.38. The zero-order valence-corrected chi connectivity index (χ0v) is 11.2. The number of carboxylic acid groups (broad SMARTS) is 1. The van der Waals surface area contributed by atoms with Gasteiger partial charge in [-0.05, 0) is 31.9 Å². The number of aromatic nitrogens is 1. The number of likely N-dealkylation sites (tertiary alicyclic amines) is 1. The fraction of sp³-hybridized carbons (Fsp3) is 0.462. The van der Waals surface area contributed by atoms with Crippen LogP contribution in [0.25, 0.3) is 0 Å². The van der Waals surface area contributed by atoms with E-state index in [1.807, 2.05) is 0 Å². The van der Waals surface area contributed by atoms with E-state index in [4.69, 9.17) is 5.11 Å². The van der Waals surface area contributed by atoms with E-state index in [1.165, 1.54) is 12.3 Å². The lowest BCUT2D eigenvalue weighted by Crippen LogP contribution is -2.46. The summed E-state index contributed by atoms with van der Waals surface area (Å²) in [6.45, 7) is 2.61. The molecule has 0 spiro atoms. The Morgan fingerprint density at radius 1 is 1.40 bits per heavy atom. The van der Waals surface area contributed by atoms with Crippen LogP contribution in [0.1, 0.15) is 30.3 Å². The normalized spacial score (nSPS) is 17.6. The molecular weight excluding hydrogens is 262 g/mol. The van der Waals surface area contributed by atoms with Crippen molar-refractivity contribution in [2.75, 3.05) is 18.4 Å². The van der Waals surface area contributed by atoms with E-state index in [0.29, 0.717) is 25.9 Å². The molecule has 2 amide bonds. The number of hydrogen-bond donors (Lipinski definition) is 3. The van der Waals surface area contributed by atoms with Crippen molar-refractivity contribution in [3.63, 3.8) is 0 Å². The van der Waals surface area contributed by atoms with Gasteiger partial charge in [0.25, 0.3) is 0 Å². The summed E-state index contributed by atoms with van der Waals surface area (Å²) < 4.78 is 0. The summed E-state index contributed by atoms with van der Waals surface area (Å²) in [6.07, 6.45) is 2.36. The van der Waals surface area contributed by atoms with Crippen LogP contribution < -0.4 is 5.32 Å². The molecule has 1 aromatic rings. The monoisotopic (exact) mass is 279 g/mol. The molecule has 0 aliphatic carbocycles. The molecule has 0 atom stereocenters. The molecule has 0 saturated carbocycles. The van der Waals surface area contributed by atoms with Crippen molar-refractivity contribution >= 4 is 17.7 Å². The number of nitrogens with zero attached hydrogens (tertiary/aromatic N) is 2. The number of urea groups is 1. The van der Waals surface area contributed by atoms with E-state index in [1.54, 1.807) is 17.9 Å². The second kappa shape index (κ2) is 5.46. The maximum atomic E-state index is 12.1. The third kappa shape index (κ3) is 3.24. The summed E-state index contributed by atoms with van der Waals surface area (Å²) >= 11 is 0. The number of carbonyl (C=O) groups excluding carboxylic acids is 1. The first-order chi connectivity index (χ1) is 9.39. The van der Waals surface area contributed by atoms with Gasteiger partial charge >= 0.3 is 12.0 Å². The molecule has 0 aromatic carbocycles. The highest BCUT2D eigenvalue weighted by Crippen LogP contribution is 2.22. The van der Waals surface area contributed by atoms with E-state index >= 15 is 0 Å². The van der Waals surface area contributed by atoms with Crippen LogP contribution in [-0.2, 0) is 0 Å². The van der Waals surface area contributed by atoms with Gasteiger partial charge in [0.2, 0.25) is 0 Å². The van der Waals surface area contributed by atoms with Crippen molar-refractivity contribution in [3.8, 4) is 0 Å². The van der Waals surface area contributed by atoms with Crippen LogP contribution in [0.5, 0.6) is 0 Å². The highest BCUT2D eigenvalue weighted by molar-refractivity contribution is 5.98. The molecule has 2 heterocycles. The van der Waals surface area contributed by atoms with E-state index in [-0.39, 0.29) is 17.4 Å². The molecule has 0 bridgehead atoms. The summed E-state index contributed by atoms with van der Waals surface area (Å²) in [5.74, 6) is -1.19. The summed E-state index contributed by atoms with van der Waals surface area (Å²) in [6, 6.07) is 2.67. The number of hydrogen-bond acceptors (Lipinski definition) is 4. The highest BCUT2D eigenvalue weighted by Gasteiger charge is 2.30. The molecule has 1 saturated heterocycles. The van der Waals surface area contributed by atoms with Crippen molar-refractivity contribution in [1.82, 2.24) is 9.88 Å². The van der Waals surface area contributed by atoms with Crippen LogP contribution in [0, 0.1) is 0 Å². The minimum Gasteiger partial charge on any atom is -0.476 e. The van der Waals surface area contributed by atoms with Crippen LogP contribution in [0.15, 0.2) is 18.3 Å². The fourth-order valence-corrected chi connectivity index (χ4v) is 2.06. The predicted octanol–water partition coefficient (Wildman–Crippen LogP) is 1.16. The molecule has 0 radical (unpaired) electrons. The number of rotatable bonds is 2. The topological polar surface area (TPSA) is 103 Å². The minimum atomic E-state index is -1.19.